The van der Waals surface area contributed by atoms with Gasteiger partial charge in [-0.3, -0.25) is 9.59 Å². The monoisotopic (exact) mass is 548 g/mol. The van der Waals surface area contributed by atoms with E-state index in [0.717, 1.165) is 38.2 Å². The summed E-state index contributed by atoms with van der Waals surface area (Å²) in [6.07, 6.45) is 1.86. The molecule has 4 rings (SSSR count). The van der Waals surface area contributed by atoms with Gasteiger partial charge < -0.3 is 24.8 Å². The third-order valence-electron chi connectivity index (χ3n) is 8.15. The van der Waals surface area contributed by atoms with Crippen LogP contribution in [-0.2, 0) is 16.1 Å². The molecule has 0 radical (unpaired) electrons. The summed E-state index contributed by atoms with van der Waals surface area (Å²) >= 11 is 0. The van der Waals surface area contributed by atoms with E-state index in [4.69, 9.17) is 4.74 Å². The number of hydrogen-bond acceptors (Lipinski definition) is 5. The van der Waals surface area contributed by atoms with Crippen molar-refractivity contribution >= 4 is 17.5 Å². The molecule has 0 aromatic heterocycles. The molecule has 2 amide bonds. The molecule has 2 aromatic carbocycles. The maximum atomic E-state index is 13.8. The molecule has 1 atom stereocenters. The van der Waals surface area contributed by atoms with Crippen molar-refractivity contribution in [2.75, 3.05) is 44.2 Å². The summed E-state index contributed by atoms with van der Waals surface area (Å²) in [5.74, 6) is 1.35. The summed E-state index contributed by atoms with van der Waals surface area (Å²) < 4.78 is 6.27. The summed E-state index contributed by atoms with van der Waals surface area (Å²) in [6.45, 7) is 17.5. The Morgan fingerprint density at radius 2 is 1.73 bits per heavy atom. The van der Waals surface area contributed by atoms with Crippen LogP contribution in [0.5, 0.6) is 5.75 Å². The quantitative estimate of drug-likeness (QED) is 0.475. The number of carbonyl (C=O) groups is 2. The predicted octanol–water partition coefficient (Wildman–Crippen LogP) is 5.05. The first-order chi connectivity index (χ1) is 19.0. The number of nitrogens with one attached hydrogen (secondary N) is 1. The Labute approximate surface area is 240 Å². The van der Waals surface area contributed by atoms with Crippen LogP contribution >= 0.6 is 0 Å². The van der Waals surface area contributed by atoms with E-state index in [1.165, 1.54) is 11.1 Å². The van der Waals surface area contributed by atoms with Crippen molar-refractivity contribution in [2.24, 2.45) is 5.92 Å². The van der Waals surface area contributed by atoms with Gasteiger partial charge in [0.15, 0.2) is 5.60 Å². The number of ether oxygens (including phenoxy) is 1. The lowest BCUT2D eigenvalue weighted by Gasteiger charge is -2.38. The first-order valence-electron chi connectivity index (χ1n) is 15.0. The molecular formula is C33H48N4O3. The molecule has 2 saturated heterocycles. The Hall–Kier alpha value is -3.06. The number of piperazine rings is 1. The van der Waals surface area contributed by atoms with Crippen molar-refractivity contribution in [2.45, 2.75) is 78.5 Å². The number of amides is 2. The van der Waals surface area contributed by atoms with E-state index in [1.807, 2.05) is 41.8 Å². The molecule has 2 aliphatic heterocycles. The van der Waals surface area contributed by atoms with Gasteiger partial charge in [0.05, 0.1) is 5.92 Å². The van der Waals surface area contributed by atoms with Gasteiger partial charge in [0, 0.05) is 63.6 Å². The van der Waals surface area contributed by atoms with Crippen LogP contribution in [0.2, 0.25) is 0 Å². The molecule has 0 unspecified atom stereocenters. The number of piperidine rings is 1. The average Bonchev–Trinajstić information content (AvgIpc) is 2.95. The van der Waals surface area contributed by atoms with Crippen molar-refractivity contribution in [1.82, 2.24) is 15.1 Å². The fourth-order valence-corrected chi connectivity index (χ4v) is 5.70. The van der Waals surface area contributed by atoms with Gasteiger partial charge in [0.1, 0.15) is 5.75 Å². The topological polar surface area (TPSA) is 65.1 Å². The highest BCUT2D eigenvalue weighted by molar-refractivity contribution is 5.85. The van der Waals surface area contributed by atoms with Crippen molar-refractivity contribution in [3.63, 3.8) is 0 Å². The van der Waals surface area contributed by atoms with E-state index in [9.17, 15) is 9.59 Å². The zero-order valence-corrected chi connectivity index (χ0v) is 25.3. The molecule has 7 heteroatoms. The highest BCUT2D eigenvalue weighted by Gasteiger charge is 2.35. The molecule has 2 heterocycles. The Bertz CT molecular complexity index is 1140. The minimum absolute atomic E-state index is 0.00987. The zero-order chi connectivity index (χ0) is 28.9. The summed E-state index contributed by atoms with van der Waals surface area (Å²) in [4.78, 5) is 33.1. The Morgan fingerprint density at radius 1 is 1.02 bits per heavy atom. The van der Waals surface area contributed by atoms with Crippen LogP contribution in [0.15, 0.2) is 48.5 Å². The highest BCUT2D eigenvalue weighted by Crippen LogP contribution is 2.30. The average molecular weight is 549 g/mol. The van der Waals surface area contributed by atoms with Gasteiger partial charge in [-0.2, -0.15) is 0 Å². The molecule has 2 aromatic rings. The number of benzene rings is 2. The van der Waals surface area contributed by atoms with Crippen molar-refractivity contribution in [1.29, 1.82) is 0 Å². The van der Waals surface area contributed by atoms with Gasteiger partial charge in [-0.15, -0.1) is 0 Å². The second-order valence-corrected chi connectivity index (χ2v) is 12.4. The van der Waals surface area contributed by atoms with E-state index in [-0.39, 0.29) is 23.8 Å². The number of nitrogens with zero attached hydrogens (tertiary/aromatic N) is 3. The molecule has 1 N–H and O–H groups in total. The largest absolute Gasteiger partial charge is 0.478 e. The fraction of sp³-hybridized carbons (Fsp3) is 0.576. The lowest BCUT2D eigenvalue weighted by Crippen LogP contribution is -2.54. The van der Waals surface area contributed by atoms with E-state index in [1.54, 1.807) is 0 Å². The highest BCUT2D eigenvalue weighted by atomic mass is 16.5. The van der Waals surface area contributed by atoms with Crippen molar-refractivity contribution < 1.29 is 14.3 Å². The molecule has 0 spiro atoms. The molecule has 0 saturated carbocycles. The van der Waals surface area contributed by atoms with Gasteiger partial charge in [0.2, 0.25) is 5.91 Å². The Balaban J connectivity index is 1.42. The molecule has 40 heavy (non-hydrogen) atoms. The van der Waals surface area contributed by atoms with E-state index in [0.29, 0.717) is 37.8 Å². The van der Waals surface area contributed by atoms with Crippen LogP contribution in [0, 0.1) is 5.92 Å². The number of rotatable bonds is 9. The lowest BCUT2D eigenvalue weighted by molar-refractivity contribution is -0.146. The third-order valence-corrected chi connectivity index (χ3v) is 8.15. The lowest BCUT2D eigenvalue weighted by atomic mass is 9.95. The van der Waals surface area contributed by atoms with Gasteiger partial charge in [0.25, 0.3) is 5.91 Å². The van der Waals surface area contributed by atoms with Gasteiger partial charge >= 0.3 is 0 Å². The van der Waals surface area contributed by atoms with Gasteiger partial charge in [-0.1, -0.05) is 44.2 Å². The molecule has 2 aliphatic rings. The molecule has 0 bridgehead atoms. The van der Waals surface area contributed by atoms with Crippen molar-refractivity contribution in [3.8, 4) is 5.75 Å². The maximum Gasteiger partial charge on any atom is 0.266 e. The van der Waals surface area contributed by atoms with Gasteiger partial charge in [-0.05, 0) is 69.7 Å². The molecule has 218 valence electrons. The van der Waals surface area contributed by atoms with Gasteiger partial charge in [-0.25, -0.2) is 0 Å². The summed E-state index contributed by atoms with van der Waals surface area (Å²) in [6, 6.07) is 16.8. The number of anilines is 1. The van der Waals surface area contributed by atoms with Crippen LogP contribution in [0.4, 0.5) is 5.69 Å². The van der Waals surface area contributed by atoms with Crippen LogP contribution in [0.25, 0.3) is 0 Å². The predicted molar refractivity (Wildman–Crippen MR) is 162 cm³/mol. The van der Waals surface area contributed by atoms with Crippen LogP contribution in [0.1, 0.15) is 71.4 Å². The minimum Gasteiger partial charge on any atom is -0.478 e. The van der Waals surface area contributed by atoms with E-state index >= 15 is 0 Å². The van der Waals surface area contributed by atoms with E-state index in [2.05, 4.69) is 68.2 Å². The normalized spacial score (nSPS) is 18.2. The Kier molecular flexibility index (Phi) is 9.77. The van der Waals surface area contributed by atoms with Crippen LogP contribution in [0.3, 0.4) is 0 Å². The minimum atomic E-state index is -0.957. The van der Waals surface area contributed by atoms with Crippen LogP contribution < -0.4 is 15.0 Å². The SMILES string of the molecule is CC(C)c1ccc(CN(C(=O)[C@@H]2CCCN(c3cccc(OC(C)(C)C(=O)N4CCNCC4)c3)C2)C(C)C)cc1. The molecular weight excluding hydrogens is 500 g/mol. The molecule has 0 aliphatic carbocycles. The maximum absolute atomic E-state index is 13.8. The summed E-state index contributed by atoms with van der Waals surface area (Å²) in [7, 11) is 0. The standard InChI is InChI=1S/C33H48N4O3/c1-24(2)27-14-12-26(13-15-27)22-37(25(3)4)31(38)28-9-8-18-36(23-28)29-10-7-11-30(21-29)40-33(5,6)32(39)35-19-16-34-17-20-35/h7,10-15,21,24-25,28,34H,8-9,16-20,22-23H2,1-6H3/t28-/m1/s1. The van der Waals surface area contributed by atoms with E-state index < -0.39 is 5.60 Å². The zero-order valence-electron chi connectivity index (χ0n) is 25.3. The second-order valence-electron chi connectivity index (χ2n) is 12.4. The number of hydrogen-bond donors (Lipinski definition) is 1. The first kappa shape index (κ1) is 29.9. The number of carbonyl (C=O) groups excluding carboxylic acids is 2. The molecule has 2 fully saturated rings. The summed E-state index contributed by atoms with van der Waals surface area (Å²) in [5.41, 5.74) is 2.56. The Morgan fingerprint density at radius 3 is 2.38 bits per heavy atom. The smallest absolute Gasteiger partial charge is 0.266 e. The van der Waals surface area contributed by atoms with Crippen molar-refractivity contribution in [3.05, 3.63) is 59.7 Å². The molecule has 7 nitrogen and oxygen atoms in total. The second kappa shape index (κ2) is 13.1. The first-order valence-corrected chi connectivity index (χ1v) is 15.0. The summed E-state index contributed by atoms with van der Waals surface area (Å²) in [5, 5.41) is 3.29. The fourth-order valence-electron chi connectivity index (χ4n) is 5.70. The third kappa shape index (κ3) is 7.36. The van der Waals surface area contributed by atoms with Crippen LogP contribution in [-0.4, -0.2) is 72.5 Å².